The molecule has 0 amide bonds. The van der Waals surface area contributed by atoms with Crippen molar-refractivity contribution in [2.24, 2.45) is 0 Å². The van der Waals surface area contributed by atoms with Crippen molar-refractivity contribution in [3.63, 3.8) is 0 Å². The Morgan fingerprint density at radius 3 is 2.39 bits per heavy atom. The Hall–Kier alpha value is -2.13. The molecule has 0 aliphatic carbocycles. The molecule has 2 aromatic carbocycles. The van der Waals surface area contributed by atoms with Crippen molar-refractivity contribution in [2.75, 3.05) is 46.1 Å². The predicted molar refractivity (Wildman–Crippen MR) is 104 cm³/mol. The highest BCUT2D eigenvalue weighted by atomic mass is 32.2. The van der Waals surface area contributed by atoms with E-state index in [2.05, 4.69) is 9.62 Å². The number of rotatable bonds is 6. The van der Waals surface area contributed by atoms with E-state index in [1.165, 1.54) is 6.07 Å². The Labute approximate surface area is 165 Å². The van der Waals surface area contributed by atoms with E-state index in [0.29, 0.717) is 44.5 Å². The van der Waals surface area contributed by atoms with E-state index in [-0.39, 0.29) is 10.9 Å². The molecule has 4 rings (SSSR count). The Morgan fingerprint density at radius 1 is 0.929 bits per heavy atom. The van der Waals surface area contributed by atoms with E-state index in [1.807, 2.05) is 30.3 Å². The summed E-state index contributed by atoms with van der Waals surface area (Å²) in [4.78, 5) is 2.38. The molecule has 0 bridgehead atoms. The number of nitrogens with one attached hydrogen (secondary N) is 1. The average Bonchev–Trinajstić information content (AvgIpc) is 2.74. The largest absolute Gasteiger partial charge is 0.486 e. The van der Waals surface area contributed by atoms with Crippen LogP contribution in [-0.2, 0) is 14.8 Å². The van der Waals surface area contributed by atoms with E-state index >= 15 is 0 Å². The van der Waals surface area contributed by atoms with E-state index in [4.69, 9.17) is 14.2 Å². The molecule has 7 nitrogen and oxygen atoms in total. The summed E-state index contributed by atoms with van der Waals surface area (Å²) in [6, 6.07) is 14.0. The SMILES string of the molecule is O=S(=O)(N[C@@H](CN1CCOCC1)c1ccccc1)c1ccc2c(c1)OCCO2. The molecule has 0 saturated carbocycles. The molecule has 1 atom stereocenters. The molecule has 8 heteroatoms. The molecule has 0 radical (unpaired) electrons. The minimum Gasteiger partial charge on any atom is -0.486 e. The van der Waals surface area contributed by atoms with Gasteiger partial charge in [0.1, 0.15) is 13.2 Å². The highest BCUT2D eigenvalue weighted by molar-refractivity contribution is 7.89. The van der Waals surface area contributed by atoms with Gasteiger partial charge in [-0.25, -0.2) is 13.1 Å². The molecule has 0 spiro atoms. The van der Waals surface area contributed by atoms with Crippen molar-refractivity contribution in [3.05, 3.63) is 54.1 Å². The van der Waals surface area contributed by atoms with Crippen molar-refractivity contribution >= 4 is 10.0 Å². The van der Waals surface area contributed by atoms with Crippen LogP contribution in [0.5, 0.6) is 11.5 Å². The molecular weight excluding hydrogens is 380 g/mol. The maximum absolute atomic E-state index is 13.1. The lowest BCUT2D eigenvalue weighted by atomic mass is 10.1. The van der Waals surface area contributed by atoms with Gasteiger partial charge < -0.3 is 14.2 Å². The molecule has 0 unspecified atom stereocenters. The van der Waals surface area contributed by atoms with Gasteiger partial charge in [0.05, 0.1) is 24.2 Å². The lowest BCUT2D eigenvalue weighted by molar-refractivity contribution is 0.0345. The zero-order chi connectivity index (χ0) is 19.4. The summed E-state index contributed by atoms with van der Waals surface area (Å²) in [6.45, 7) is 4.36. The number of morpholine rings is 1. The van der Waals surface area contributed by atoms with Crippen LogP contribution in [0, 0.1) is 0 Å². The first-order valence-corrected chi connectivity index (χ1v) is 10.9. The summed E-state index contributed by atoms with van der Waals surface area (Å²) in [6.07, 6.45) is 0. The smallest absolute Gasteiger partial charge is 0.241 e. The van der Waals surface area contributed by atoms with Crippen LogP contribution in [0.3, 0.4) is 0 Å². The third-order valence-electron chi connectivity index (χ3n) is 4.87. The Bertz CT molecular complexity index is 898. The van der Waals surface area contributed by atoms with Crippen LogP contribution in [0.4, 0.5) is 0 Å². The predicted octanol–water partition coefficient (Wildman–Crippen LogP) is 1.81. The van der Waals surface area contributed by atoms with Crippen molar-refractivity contribution in [1.82, 2.24) is 9.62 Å². The molecule has 150 valence electrons. The van der Waals surface area contributed by atoms with Gasteiger partial charge in [-0.05, 0) is 17.7 Å². The highest BCUT2D eigenvalue weighted by Gasteiger charge is 2.26. The number of hydrogen-bond acceptors (Lipinski definition) is 6. The molecule has 2 aliphatic heterocycles. The van der Waals surface area contributed by atoms with Gasteiger partial charge in [0.25, 0.3) is 0 Å². The van der Waals surface area contributed by atoms with Crippen LogP contribution in [0.15, 0.2) is 53.4 Å². The summed E-state index contributed by atoms with van der Waals surface area (Å²) >= 11 is 0. The van der Waals surface area contributed by atoms with Crippen molar-refractivity contribution in [1.29, 1.82) is 0 Å². The maximum atomic E-state index is 13.1. The van der Waals surface area contributed by atoms with Crippen molar-refractivity contribution in [2.45, 2.75) is 10.9 Å². The van der Waals surface area contributed by atoms with Crippen LogP contribution in [-0.4, -0.2) is 59.4 Å². The molecule has 2 aromatic rings. The second-order valence-corrected chi connectivity index (χ2v) is 8.52. The van der Waals surface area contributed by atoms with E-state index in [9.17, 15) is 8.42 Å². The van der Waals surface area contributed by atoms with Crippen LogP contribution in [0.2, 0.25) is 0 Å². The third kappa shape index (κ3) is 4.47. The fourth-order valence-corrected chi connectivity index (χ4v) is 4.61. The molecule has 2 aliphatic rings. The van der Waals surface area contributed by atoms with Crippen molar-refractivity contribution in [3.8, 4) is 11.5 Å². The molecule has 28 heavy (non-hydrogen) atoms. The highest BCUT2D eigenvalue weighted by Crippen LogP contribution is 2.32. The number of nitrogens with zero attached hydrogens (tertiary/aromatic N) is 1. The Morgan fingerprint density at radius 2 is 1.64 bits per heavy atom. The second kappa shape index (κ2) is 8.48. The van der Waals surface area contributed by atoms with Gasteiger partial charge in [-0.1, -0.05) is 30.3 Å². The molecule has 1 N–H and O–H groups in total. The fraction of sp³-hybridized carbons (Fsp3) is 0.400. The van der Waals surface area contributed by atoms with Gasteiger partial charge >= 0.3 is 0 Å². The lowest BCUT2D eigenvalue weighted by Crippen LogP contribution is -2.43. The minimum atomic E-state index is -3.74. The lowest BCUT2D eigenvalue weighted by Gasteiger charge is -2.31. The van der Waals surface area contributed by atoms with Gasteiger partial charge in [0.2, 0.25) is 10.0 Å². The molecule has 1 fully saturated rings. The monoisotopic (exact) mass is 404 g/mol. The minimum absolute atomic E-state index is 0.166. The first-order valence-electron chi connectivity index (χ1n) is 9.39. The van der Waals surface area contributed by atoms with Crippen LogP contribution in [0.1, 0.15) is 11.6 Å². The zero-order valence-corrected chi connectivity index (χ0v) is 16.4. The van der Waals surface area contributed by atoms with Crippen LogP contribution < -0.4 is 14.2 Å². The normalized spacial score (nSPS) is 18.6. The maximum Gasteiger partial charge on any atom is 0.241 e. The summed E-state index contributed by atoms with van der Waals surface area (Å²) in [5.41, 5.74) is 0.926. The number of benzene rings is 2. The van der Waals surface area contributed by atoms with Gasteiger partial charge in [0.15, 0.2) is 11.5 Å². The summed E-state index contributed by atoms with van der Waals surface area (Å²) in [5, 5.41) is 0. The summed E-state index contributed by atoms with van der Waals surface area (Å²) in [5.74, 6) is 1.02. The second-order valence-electron chi connectivity index (χ2n) is 6.80. The van der Waals surface area contributed by atoms with E-state index in [1.54, 1.807) is 12.1 Å². The fourth-order valence-electron chi connectivity index (χ4n) is 3.38. The standard InChI is InChI=1S/C20H24N2O5S/c23-28(24,17-6-7-19-20(14-17)27-13-12-26-19)21-18(16-4-2-1-3-5-16)15-22-8-10-25-11-9-22/h1-7,14,18,21H,8-13,15H2/t18-/m0/s1. The van der Waals surface area contributed by atoms with Crippen LogP contribution >= 0.6 is 0 Å². The topological polar surface area (TPSA) is 77.1 Å². The summed E-state index contributed by atoms with van der Waals surface area (Å²) < 4.78 is 45.5. The first kappa shape index (κ1) is 19.2. The molecule has 1 saturated heterocycles. The Balaban J connectivity index is 1.57. The van der Waals surface area contributed by atoms with Crippen LogP contribution in [0.25, 0.3) is 0 Å². The molecule has 2 heterocycles. The van der Waals surface area contributed by atoms with Gasteiger partial charge in [0, 0.05) is 25.7 Å². The summed E-state index contributed by atoms with van der Waals surface area (Å²) in [7, 11) is -3.74. The number of ether oxygens (including phenoxy) is 3. The Kier molecular flexibility index (Phi) is 5.82. The number of sulfonamides is 1. The number of fused-ring (bicyclic) bond motifs is 1. The molecular formula is C20H24N2O5S. The average molecular weight is 404 g/mol. The third-order valence-corrected chi connectivity index (χ3v) is 6.34. The number of hydrogen-bond donors (Lipinski definition) is 1. The van der Waals surface area contributed by atoms with Gasteiger partial charge in [-0.3, -0.25) is 4.90 Å². The van der Waals surface area contributed by atoms with E-state index < -0.39 is 10.0 Å². The van der Waals surface area contributed by atoms with E-state index in [0.717, 1.165) is 18.7 Å². The van der Waals surface area contributed by atoms with Gasteiger partial charge in [-0.2, -0.15) is 0 Å². The quantitative estimate of drug-likeness (QED) is 0.791. The molecule has 0 aromatic heterocycles. The van der Waals surface area contributed by atoms with Gasteiger partial charge in [-0.15, -0.1) is 0 Å². The zero-order valence-electron chi connectivity index (χ0n) is 15.5. The first-order chi connectivity index (χ1) is 13.6. The van der Waals surface area contributed by atoms with Crippen molar-refractivity contribution < 1.29 is 22.6 Å².